The second kappa shape index (κ2) is 9.55. The van der Waals surface area contributed by atoms with Gasteiger partial charge in [-0.15, -0.1) is 0 Å². The number of fused-ring (bicyclic) bond motifs is 1. The minimum atomic E-state index is -0.292. The van der Waals surface area contributed by atoms with Gasteiger partial charge in [0.05, 0.1) is 29.3 Å². The predicted octanol–water partition coefficient (Wildman–Crippen LogP) is 4.44. The summed E-state index contributed by atoms with van der Waals surface area (Å²) in [7, 11) is 0. The van der Waals surface area contributed by atoms with E-state index in [1.165, 1.54) is 11.8 Å². The number of ether oxygens (including phenoxy) is 1. The molecule has 0 amide bonds. The number of carbonyl (C=O) groups excluding carboxylic acids is 1. The van der Waals surface area contributed by atoms with Gasteiger partial charge >= 0.3 is 5.97 Å². The number of hydrogen-bond donors (Lipinski definition) is 0. The summed E-state index contributed by atoms with van der Waals surface area (Å²) < 4.78 is 6.90. The van der Waals surface area contributed by atoms with Gasteiger partial charge in [-0.05, 0) is 31.0 Å². The van der Waals surface area contributed by atoms with Crippen molar-refractivity contribution < 1.29 is 9.53 Å². The highest BCUT2D eigenvalue weighted by molar-refractivity contribution is 7.99. The lowest BCUT2D eigenvalue weighted by Gasteiger charge is -2.19. The summed E-state index contributed by atoms with van der Waals surface area (Å²) in [6.07, 6.45) is 1.82. The van der Waals surface area contributed by atoms with Crippen LogP contribution < -0.4 is 5.56 Å². The maximum atomic E-state index is 13.2. The Balaban J connectivity index is 1.95. The number of nitrogens with zero attached hydrogens (tertiary/aromatic N) is 2. The molecule has 0 aliphatic rings. The van der Waals surface area contributed by atoms with Gasteiger partial charge in [-0.3, -0.25) is 14.2 Å². The van der Waals surface area contributed by atoms with Crippen molar-refractivity contribution in [2.24, 2.45) is 0 Å². The molecule has 0 radical (unpaired) electrons. The molecule has 0 bridgehead atoms. The van der Waals surface area contributed by atoms with Gasteiger partial charge in [0.1, 0.15) is 0 Å². The fraction of sp³-hybridized carbons (Fsp3) is 0.318. The Hall–Kier alpha value is -2.60. The third-order valence-corrected chi connectivity index (χ3v) is 5.45. The predicted molar refractivity (Wildman–Crippen MR) is 113 cm³/mol. The molecule has 28 heavy (non-hydrogen) atoms. The minimum absolute atomic E-state index is 0.108. The molecular weight excluding hydrogens is 372 g/mol. The number of aromatic nitrogens is 2. The number of benzene rings is 2. The summed E-state index contributed by atoms with van der Waals surface area (Å²) in [5.74, 6) is -0.171. The SMILES string of the molecule is CCCCOC(=O)CSc1nc2ccccc2c(=O)n1[C@@H](C)c1ccccc1. The van der Waals surface area contributed by atoms with E-state index in [2.05, 4.69) is 4.98 Å². The van der Waals surface area contributed by atoms with Gasteiger partial charge in [-0.2, -0.15) is 0 Å². The van der Waals surface area contributed by atoms with Crippen molar-refractivity contribution in [2.75, 3.05) is 12.4 Å². The Kier molecular flexibility index (Phi) is 6.87. The normalized spacial score (nSPS) is 12.1. The second-order valence-electron chi connectivity index (χ2n) is 6.54. The first-order valence-corrected chi connectivity index (χ1v) is 10.4. The van der Waals surface area contributed by atoms with Crippen LogP contribution in [0.4, 0.5) is 0 Å². The first kappa shape index (κ1) is 20.1. The highest BCUT2D eigenvalue weighted by atomic mass is 32.2. The second-order valence-corrected chi connectivity index (χ2v) is 7.48. The topological polar surface area (TPSA) is 61.2 Å². The van der Waals surface area contributed by atoms with Gasteiger partial charge in [0.25, 0.3) is 5.56 Å². The number of rotatable bonds is 8. The molecule has 0 aliphatic heterocycles. The van der Waals surface area contributed by atoms with Crippen molar-refractivity contribution in [1.82, 2.24) is 9.55 Å². The quantitative estimate of drug-likeness (QED) is 0.244. The number of hydrogen-bond acceptors (Lipinski definition) is 5. The average molecular weight is 397 g/mol. The summed E-state index contributed by atoms with van der Waals surface area (Å²) in [5.41, 5.74) is 1.53. The number of esters is 1. The monoisotopic (exact) mass is 396 g/mol. The Morgan fingerprint density at radius 3 is 2.61 bits per heavy atom. The van der Waals surface area contributed by atoms with Crippen LogP contribution in [0.2, 0.25) is 0 Å². The smallest absolute Gasteiger partial charge is 0.316 e. The lowest BCUT2D eigenvalue weighted by molar-refractivity contribution is -0.140. The molecule has 0 fully saturated rings. The summed E-state index contributed by atoms with van der Waals surface area (Å²) in [6.45, 7) is 4.44. The Morgan fingerprint density at radius 2 is 1.86 bits per heavy atom. The van der Waals surface area contributed by atoms with E-state index in [4.69, 9.17) is 4.74 Å². The van der Waals surface area contributed by atoms with E-state index in [1.807, 2.05) is 62.4 Å². The van der Waals surface area contributed by atoms with E-state index in [1.54, 1.807) is 10.6 Å². The van der Waals surface area contributed by atoms with E-state index >= 15 is 0 Å². The molecule has 0 N–H and O–H groups in total. The van der Waals surface area contributed by atoms with Crippen molar-refractivity contribution in [3.05, 3.63) is 70.5 Å². The number of carbonyl (C=O) groups is 1. The zero-order chi connectivity index (χ0) is 19.9. The lowest BCUT2D eigenvalue weighted by atomic mass is 10.1. The molecule has 1 heterocycles. The Bertz CT molecular complexity index is 1000. The summed E-state index contributed by atoms with van der Waals surface area (Å²) in [6, 6.07) is 16.9. The van der Waals surface area contributed by atoms with Crippen LogP contribution in [-0.2, 0) is 9.53 Å². The number of unbranched alkanes of at least 4 members (excludes halogenated alkanes) is 1. The summed E-state index contributed by atoms with van der Waals surface area (Å²) in [4.78, 5) is 29.9. The molecule has 0 aliphatic carbocycles. The molecule has 146 valence electrons. The molecule has 1 aromatic heterocycles. The summed E-state index contributed by atoms with van der Waals surface area (Å²) >= 11 is 1.24. The van der Waals surface area contributed by atoms with Crippen LogP contribution in [0.25, 0.3) is 10.9 Å². The lowest BCUT2D eigenvalue weighted by Crippen LogP contribution is -2.27. The third-order valence-electron chi connectivity index (χ3n) is 4.52. The molecular formula is C22H24N2O3S. The highest BCUT2D eigenvalue weighted by Crippen LogP contribution is 2.25. The third kappa shape index (κ3) is 4.62. The van der Waals surface area contributed by atoms with Gasteiger partial charge in [0.15, 0.2) is 5.16 Å². The Morgan fingerprint density at radius 1 is 1.14 bits per heavy atom. The van der Waals surface area contributed by atoms with Crippen LogP contribution >= 0.6 is 11.8 Å². The van der Waals surface area contributed by atoms with Gasteiger partial charge in [0.2, 0.25) is 0 Å². The first-order chi connectivity index (χ1) is 13.6. The van der Waals surface area contributed by atoms with E-state index in [0.717, 1.165) is 18.4 Å². The molecule has 0 spiro atoms. The molecule has 2 aromatic carbocycles. The van der Waals surface area contributed by atoms with Crippen LogP contribution in [0.15, 0.2) is 64.5 Å². The molecule has 0 saturated carbocycles. The van der Waals surface area contributed by atoms with Gasteiger partial charge < -0.3 is 4.74 Å². The largest absolute Gasteiger partial charge is 0.465 e. The van der Waals surface area contributed by atoms with E-state index in [-0.39, 0.29) is 23.3 Å². The Labute approximate surface area is 168 Å². The molecule has 3 aromatic rings. The van der Waals surface area contributed by atoms with Crippen molar-refractivity contribution in [2.45, 2.75) is 37.9 Å². The van der Waals surface area contributed by atoms with E-state index < -0.39 is 0 Å². The first-order valence-electron chi connectivity index (χ1n) is 9.46. The minimum Gasteiger partial charge on any atom is -0.465 e. The van der Waals surface area contributed by atoms with E-state index in [0.29, 0.717) is 22.7 Å². The average Bonchev–Trinajstić information content (AvgIpc) is 2.73. The maximum Gasteiger partial charge on any atom is 0.316 e. The van der Waals surface area contributed by atoms with Crippen LogP contribution in [0.5, 0.6) is 0 Å². The van der Waals surface area contributed by atoms with Crippen LogP contribution in [0.1, 0.15) is 38.3 Å². The van der Waals surface area contributed by atoms with Crippen molar-refractivity contribution in [1.29, 1.82) is 0 Å². The van der Waals surface area contributed by atoms with Crippen molar-refractivity contribution >= 4 is 28.6 Å². The molecule has 0 unspecified atom stereocenters. The molecule has 6 heteroatoms. The molecule has 3 rings (SSSR count). The van der Waals surface area contributed by atoms with Crippen molar-refractivity contribution in [3.8, 4) is 0 Å². The van der Waals surface area contributed by atoms with Gasteiger partial charge in [0, 0.05) is 0 Å². The molecule has 5 nitrogen and oxygen atoms in total. The maximum absolute atomic E-state index is 13.2. The van der Waals surface area contributed by atoms with Gasteiger partial charge in [-0.1, -0.05) is 67.6 Å². The zero-order valence-corrected chi connectivity index (χ0v) is 16.9. The standard InChI is InChI=1S/C22H24N2O3S/c1-3-4-14-27-20(25)15-28-22-23-19-13-9-8-12-18(19)21(26)24(22)16(2)17-10-6-5-7-11-17/h5-13,16H,3-4,14-15H2,1-2H3/t16-/m0/s1. The van der Waals surface area contributed by atoms with Crippen molar-refractivity contribution in [3.63, 3.8) is 0 Å². The highest BCUT2D eigenvalue weighted by Gasteiger charge is 2.19. The van der Waals surface area contributed by atoms with E-state index in [9.17, 15) is 9.59 Å². The van der Waals surface area contributed by atoms with Crippen LogP contribution in [0.3, 0.4) is 0 Å². The van der Waals surface area contributed by atoms with Crippen LogP contribution in [-0.4, -0.2) is 27.9 Å². The summed E-state index contributed by atoms with van der Waals surface area (Å²) in [5, 5.41) is 1.09. The molecule has 1 atom stereocenters. The fourth-order valence-electron chi connectivity index (χ4n) is 2.94. The van der Waals surface area contributed by atoms with Gasteiger partial charge in [-0.25, -0.2) is 4.98 Å². The fourth-order valence-corrected chi connectivity index (χ4v) is 3.82. The number of para-hydroxylation sites is 1. The molecule has 0 saturated heterocycles. The van der Waals surface area contributed by atoms with Crippen LogP contribution in [0, 0.1) is 0 Å². The number of thioether (sulfide) groups is 1. The zero-order valence-electron chi connectivity index (χ0n) is 16.1.